The van der Waals surface area contributed by atoms with Gasteiger partial charge in [0.25, 0.3) is 11.8 Å². The molecular formula is C31H37N3O3. The van der Waals surface area contributed by atoms with E-state index in [1.807, 2.05) is 92.4 Å². The van der Waals surface area contributed by atoms with Crippen LogP contribution < -0.4 is 5.32 Å². The van der Waals surface area contributed by atoms with Gasteiger partial charge in [0.1, 0.15) is 6.04 Å². The molecule has 0 aromatic heterocycles. The van der Waals surface area contributed by atoms with E-state index in [0.29, 0.717) is 30.8 Å². The van der Waals surface area contributed by atoms with Crippen molar-refractivity contribution in [2.45, 2.75) is 52.6 Å². The zero-order valence-corrected chi connectivity index (χ0v) is 22.2. The second kappa shape index (κ2) is 11.6. The van der Waals surface area contributed by atoms with Crippen LogP contribution in [0, 0.1) is 5.92 Å². The molecule has 1 saturated heterocycles. The lowest BCUT2D eigenvalue weighted by Gasteiger charge is -2.41. The number of hydrogen-bond acceptors (Lipinski definition) is 3. The van der Waals surface area contributed by atoms with Crippen LogP contribution in [0.2, 0.25) is 0 Å². The Bertz CT molecular complexity index is 1260. The molecule has 0 saturated carbocycles. The lowest BCUT2D eigenvalue weighted by Crippen LogP contribution is -2.60. The molecule has 3 atom stereocenters. The third-order valence-corrected chi connectivity index (χ3v) is 7.61. The summed E-state index contributed by atoms with van der Waals surface area (Å²) in [5.74, 6) is -0.355. The molecule has 1 N–H and O–H groups in total. The summed E-state index contributed by atoms with van der Waals surface area (Å²) in [5, 5.41) is 4.97. The number of benzene rings is 3. The van der Waals surface area contributed by atoms with Gasteiger partial charge in [0.05, 0.1) is 0 Å². The van der Waals surface area contributed by atoms with Crippen LogP contribution in [0.5, 0.6) is 0 Å². The molecular weight excluding hydrogens is 462 g/mol. The van der Waals surface area contributed by atoms with Crippen molar-refractivity contribution in [3.63, 3.8) is 0 Å². The Hall–Kier alpha value is -3.67. The van der Waals surface area contributed by atoms with Crippen LogP contribution in [0.15, 0.2) is 66.7 Å². The monoisotopic (exact) mass is 499 g/mol. The van der Waals surface area contributed by atoms with Gasteiger partial charge in [0.15, 0.2) is 0 Å². The average molecular weight is 500 g/mol. The summed E-state index contributed by atoms with van der Waals surface area (Å²) in [6.07, 6.45) is 1.67. The number of aryl methyl sites for hydroxylation is 1. The van der Waals surface area contributed by atoms with Crippen molar-refractivity contribution in [2.24, 2.45) is 5.92 Å². The highest BCUT2D eigenvalue weighted by molar-refractivity contribution is 6.07. The Labute approximate surface area is 219 Å². The summed E-state index contributed by atoms with van der Waals surface area (Å²) in [6, 6.07) is 20.4. The summed E-state index contributed by atoms with van der Waals surface area (Å²) >= 11 is 0. The Balaban J connectivity index is 1.46. The van der Waals surface area contributed by atoms with E-state index in [9.17, 15) is 14.4 Å². The van der Waals surface area contributed by atoms with Crippen molar-refractivity contribution in [2.75, 3.05) is 19.6 Å². The molecule has 0 bridgehead atoms. The third-order valence-electron chi connectivity index (χ3n) is 7.61. The Morgan fingerprint density at radius 1 is 0.946 bits per heavy atom. The first-order valence-electron chi connectivity index (χ1n) is 13.3. The maximum Gasteiger partial charge on any atom is 0.254 e. The summed E-state index contributed by atoms with van der Waals surface area (Å²) in [4.78, 5) is 43.8. The lowest BCUT2D eigenvalue weighted by molar-refractivity contribution is -0.137. The number of nitrogens with zero attached hydrogens (tertiary/aromatic N) is 2. The first-order chi connectivity index (χ1) is 17.8. The average Bonchev–Trinajstić information content (AvgIpc) is 2.94. The lowest BCUT2D eigenvalue weighted by atomic mass is 9.96. The highest BCUT2D eigenvalue weighted by Crippen LogP contribution is 2.23. The molecule has 194 valence electrons. The van der Waals surface area contributed by atoms with E-state index in [1.54, 1.807) is 4.90 Å². The van der Waals surface area contributed by atoms with E-state index in [1.165, 1.54) is 0 Å². The number of carbonyl (C=O) groups is 3. The van der Waals surface area contributed by atoms with Gasteiger partial charge in [-0.2, -0.15) is 0 Å². The largest absolute Gasteiger partial charge is 0.340 e. The van der Waals surface area contributed by atoms with Crippen LogP contribution in [-0.2, 0) is 11.2 Å². The molecule has 0 spiro atoms. The first-order valence-corrected chi connectivity index (χ1v) is 13.3. The molecule has 0 radical (unpaired) electrons. The first kappa shape index (κ1) is 26.4. The van der Waals surface area contributed by atoms with Crippen molar-refractivity contribution in [1.29, 1.82) is 0 Å². The molecule has 37 heavy (non-hydrogen) atoms. The summed E-state index contributed by atoms with van der Waals surface area (Å²) in [5.41, 5.74) is 2.40. The smallest absolute Gasteiger partial charge is 0.254 e. The molecule has 3 unspecified atom stereocenters. The number of carbonyl (C=O) groups excluding carboxylic acids is 3. The standard InChI is InChI=1S/C31H37N3O3/c1-5-21(3)28(32-29(35)25-16-14-23(6-2)15-17-25)31(37)33-18-19-34(22(4)20-33)30(36)27-13-9-11-24-10-7-8-12-26(24)27/h7-17,21-22,28H,5-6,18-20H2,1-4H3,(H,32,35). The maximum absolute atomic E-state index is 13.6. The highest BCUT2D eigenvalue weighted by Gasteiger charge is 2.35. The van der Waals surface area contributed by atoms with Crippen LogP contribution in [-0.4, -0.2) is 59.2 Å². The molecule has 4 rings (SSSR count). The van der Waals surface area contributed by atoms with E-state index < -0.39 is 6.04 Å². The number of hydrogen-bond donors (Lipinski definition) is 1. The number of piperazine rings is 1. The summed E-state index contributed by atoms with van der Waals surface area (Å²) in [7, 11) is 0. The summed E-state index contributed by atoms with van der Waals surface area (Å²) < 4.78 is 0. The van der Waals surface area contributed by atoms with Crippen molar-refractivity contribution < 1.29 is 14.4 Å². The van der Waals surface area contributed by atoms with Crippen molar-refractivity contribution in [1.82, 2.24) is 15.1 Å². The molecule has 3 aromatic rings. The van der Waals surface area contributed by atoms with Gasteiger partial charge in [0, 0.05) is 36.8 Å². The molecule has 6 nitrogen and oxygen atoms in total. The highest BCUT2D eigenvalue weighted by atomic mass is 16.2. The zero-order valence-electron chi connectivity index (χ0n) is 22.2. The number of amides is 3. The topological polar surface area (TPSA) is 69.7 Å². The molecule has 1 aliphatic rings. The third kappa shape index (κ3) is 5.68. The van der Waals surface area contributed by atoms with Gasteiger partial charge in [-0.05, 0) is 53.8 Å². The van der Waals surface area contributed by atoms with Crippen LogP contribution in [0.3, 0.4) is 0 Å². The maximum atomic E-state index is 13.6. The van der Waals surface area contributed by atoms with E-state index in [2.05, 4.69) is 12.2 Å². The van der Waals surface area contributed by atoms with Crippen LogP contribution >= 0.6 is 0 Å². The second-order valence-corrected chi connectivity index (χ2v) is 10.0. The van der Waals surface area contributed by atoms with Gasteiger partial charge >= 0.3 is 0 Å². The zero-order chi connectivity index (χ0) is 26.5. The minimum absolute atomic E-state index is 0.0151. The van der Waals surface area contributed by atoms with E-state index in [0.717, 1.165) is 29.2 Å². The van der Waals surface area contributed by atoms with Crippen molar-refractivity contribution >= 4 is 28.5 Å². The fraction of sp³-hybridized carbons (Fsp3) is 0.387. The molecule has 3 aromatic carbocycles. The van der Waals surface area contributed by atoms with Gasteiger partial charge in [-0.3, -0.25) is 14.4 Å². The predicted octanol–water partition coefficient (Wildman–Crippen LogP) is 4.92. The second-order valence-electron chi connectivity index (χ2n) is 10.0. The quantitative estimate of drug-likeness (QED) is 0.502. The molecule has 0 aliphatic carbocycles. The number of nitrogens with one attached hydrogen (secondary N) is 1. The van der Waals surface area contributed by atoms with Gasteiger partial charge in [-0.25, -0.2) is 0 Å². The van der Waals surface area contributed by atoms with Gasteiger partial charge < -0.3 is 15.1 Å². The minimum Gasteiger partial charge on any atom is -0.340 e. The predicted molar refractivity (Wildman–Crippen MR) is 148 cm³/mol. The SMILES string of the molecule is CCc1ccc(C(=O)NC(C(=O)N2CCN(C(=O)c3cccc4ccccc34)C(C)C2)C(C)CC)cc1. The minimum atomic E-state index is -0.615. The normalized spacial score (nSPS) is 17.4. The van der Waals surface area contributed by atoms with E-state index in [4.69, 9.17) is 0 Å². The fourth-order valence-corrected chi connectivity index (χ4v) is 5.02. The Morgan fingerprint density at radius 3 is 2.32 bits per heavy atom. The van der Waals surface area contributed by atoms with Crippen LogP contribution in [0.25, 0.3) is 10.8 Å². The summed E-state index contributed by atoms with van der Waals surface area (Å²) in [6.45, 7) is 9.40. The molecule has 6 heteroatoms. The Morgan fingerprint density at radius 2 is 1.65 bits per heavy atom. The van der Waals surface area contributed by atoms with Gasteiger partial charge in [0.2, 0.25) is 5.91 Å². The molecule has 1 fully saturated rings. The van der Waals surface area contributed by atoms with E-state index in [-0.39, 0.29) is 29.7 Å². The number of fused-ring (bicyclic) bond motifs is 1. The molecule has 1 aliphatic heterocycles. The Kier molecular flexibility index (Phi) is 8.27. The van der Waals surface area contributed by atoms with Gasteiger partial charge in [-0.1, -0.05) is 75.7 Å². The molecule has 3 amide bonds. The molecule has 1 heterocycles. The van der Waals surface area contributed by atoms with E-state index >= 15 is 0 Å². The van der Waals surface area contributed by atoms with Crippen molar-refractivity contribution in [3.05, 3.63) is 83.4 Å². The van der Waals surface area contributed by atoms with Gasteiger partial charge in [-0.15, -0.1) is 0 Å². The van der Waals surface area contributed by atoms with Crippen LogP contribution in [0.1, 0.15) is 60.4 Å². The van der Waals surface area contributed by atoms with Crippen LogP contribution in [0.4, 0.5) is 0 Å². The number of rotatable bonds is 7. The fourth-order valence-electron chi connectivity index (χ4n) is 5.02. The van der Waals surface area contributed by atoms with Crippen molar-refractivity contribution in [3.8, 4) is 0 Å².